The van der Waals surface area contributed by atoms with Gasteiger partial charge in [0.15, 0.2) is 0 Å². The molecular weight excluding hydrogens is 309 g/mol. The second kappa shape index (κ2) is 6.91. The fraction of sp³-hybridized carbons (Fsp3) is 0.118. The number of anilines is 1. The van der Waals surface area contributed by atoms with Crippen LogP contribution >= 0.6 is 0 Å². The van der Waals surface area contributed by atoms with Crippen molar-refractivity contribution in [2.45, 2.75) is 13.5 Å². The van der Waals surface area contributed by atoms with E-state index in [1.165, 1.54) is 12.1 Å². The average Bonchev–Trinajstić information content (AvgIpc) is 2.96. The Morgan fingerprint density at radius 2 is 1.88 bits per heavy atom. The first-order valence-electron chi connectivity index (χ1n) is 7.38. The van der Waals surface area contributed by atoms with Crippen molar-refractivity contribution in [3.05, 3.63) is 65.7 Å². The third kappa shape index (κ3) is 3.57. The maximum atomic E-state index is 12.8. The number of hydrogen-bond donors (Lipinski definition) is 3. The molecule has 0 saturated carbocycles. The Kier molecular flexibility index (Phi) is 4.51. The van der Waals surface area contributed by atoms with Crippen LogP contribution in [0.3, 0.4) is 0 Å². The zero-order valence-corrected chi connectivity index (χ0v) is 13.0. The summed E-state index contributed by atoms with van der Waals surface area (Å²) in [6, 6.07) is 9.29. The van der Waals surface area contributed by atoms with Crippen LogP contribution in [0.15, 0.2) is 48.8 Å². The number of nitrogens with one attached hydrogen (secondary N) is 3. The van der Waals surface area contributed by atoms with Gasteiger partial charge in [-0.1, -0.05) is 12.1 Å². The number of aromatic amines is 1. The fourth-order valence-electron chi connectivity index (χ4n) is 2.25. The van der Waals surface area contributed by atoms with Gasteiger partial charge in [0, 0.05) is 30.1 Å². The van der Waals surface area contributed by atoms with Crippen molar-refractivity contribution in [2.24, 2.45) is 0 Å². The van der Waals surface area contributed by atoms with Gasteiger partial charge in [0.05, 0.1) is 5.69 Å². The topological polar surface area (TPSA) is 82.7 Å². The van der Waals surface area contributed by atoms with Crippen LogP contribution in [-0.4, -0.2) is 21.2 Å². The lowest BCUT2D eigenvalue weighted by Crippen LogP contribution is -2.28. The molecule has 0 bridgehead atoms. The smallest absolute Gasteiger partial charge is 0.320 e. The Labute approximate surface area is 138 Å². The van der Waals surface area contributed by atoms with E-state index in [0.29, 0.717) is 12.4 Å². The number of pyridine rings is 1. The lowest BCUT2D eigenvalue weighted by atomic mass is 10.1. The highest BCUT2D eigenvalue weighted by Gasteiger charge is 2.12. The SMILES string of the molecule is Cc1c(-c2ccncc2)n[nH]c1NC(=O)NCc1ccc(F)cc1. The summed E-state index contributed by atoms with van der Waals surface area (Å²) in [7, 11) is 0. The largest absolute Gasteiger partial charge is 0.334 e. The number of urea groups is 1. The van der Waals surface area contributed by atoms with E-state index in [4.69, 9.17) is 0 Å². The molecule has 24 heavy (non-hydrogen) atoms. The van der Waals surface area contributed by atoms with Crippen LogP contribution < -0.4 is 10.6 Å². The van der Waals surface area contributed by atoms with Gasteiger partial charge in [-0.15, -0.1) is 0 Å². The van der Waals surface area contributed by atoms with Crippen molar-refractivity contribution in [2.75, 3.05) is 5.32 Å². The summed E-state index contributed by atoms with van der Waals surface area (Å²) in [5.74, 6) is 0.221. The summed E-state index contributed by atoms with van der Waals surface area (Å²) >= 11 is 0. The molecule has 0 spiro atoms. The Morgan fingerprint density at radius 1 is 1.17 bits per heavy atom. The molecule has 2 aromatic heterocycles. The molecule has 2 amide bonds. The predicted octanol–water partition coefficient (Wildman–Crippen LogP) is 3.24. The van der Waals surface area contributed by atoms with Crippen molar-refractivity contribution < 1.29 is 9.18 Å². The standard InChI is InChI=1S/C17H16FN5O/c1-11-15(13-6-8-19-9-7-13)22-23-16(11)21-17(24)20-10-12-2-4-14(18)5-3-12/h2-9H,10H2,1H3,(H3,20,21,22,23,24). The van der Waals surface area contributed by atoms with Crippen LogP contribution in [0.5, 0.6) is 0 Å². The van der Waals surface area contributed by atoms with Crippen LogP contribution in [0.4, 0.5) is 15.0 Å². The quantitative estimate of drug-likeness (QED) is 0.688. The predicted molar refractivity (Wildman–Crippen MR) is 88.8 cm³/mol. The van der Waals surface area contributed by atoms with Crippen molar-refractivity contribution in [1.29, 1.82) is 0 Å². The lowest BCUT2D eigenvalue weighted by molar-refractivity contribution is 0.251. The first kappa shape index (κ1) is 15.7. The van der Waals surface area contributed by atoms with E-state index in [-0.39, 0.29) is 11.8 Å². The van der Waals surface area contributed by atoms with Crippen LogP contribution in [0.2, 0.25) is 0 Å². The molecule has 0 unspecified atom stereocenters. The molecule has 7 heteroatoms. The van der Waals surface area contributed by atoms with Crippen LogP contribution in [-0.2, 0) is 6.54 Å². The van der Waals surface area contributed by atoms with Crippen LogP contribution in [0.1, 0.15) is 11.1 Å². The molecule has 122 valence electrons. The molecule has 0 radical (unpaired) electrons. The Morgan fingerprint density at radius 3 is 2.58 bits per heavy atom. The van der Waals surface area contributed by atoms with E-state index in [1.54, 1.807) is 24.5 Å². The van der Waals surface area contributed by atoms with E-state index < -0.39 is 0 Å². The number of halogens is 1. The molecule has 0 saturated heterocycles. The van der Waals surface area contributed by atoms with Gasteiger partial charge in [0.25, 0.3) is 0 Å². The Balaban J connectivity index is 1.63. The van der Waals surface area contributed by atoms with Gasteiger partial charge in [-0.05, 0) is 36.8 Å². The number of aromatic nitrogens is 3. The van der Waals surface area contributed by atoms with Crippen LogP contribution in [0.25, 0.3) is 11.3 Å². The van der Waals surface area contributed by atoms with Gasteiger partial charge in [-0.3, -0.25) is 15.4 Å². The van der Waals surface area contributed by atoms with Gasteiger partial charge in [-0.25, -0.2) is 9.18 Å². The number of hydrogen-bond acceptors (Lipinski definition) is 3. The first-order valence-corrected chi connectivity index (χ1v) is 7.38. The molecule has 0 aliphatic carbocycles. The Hall–Kier alpha value is -3.22. The monoisotopic (exact) mass is 325 g/mol. The molecule has 3 rings (SSSR count). The van der Waals surface area contributed by atoms with Gasteiger partial charge in [0.1, 0.15) is 11.6 Å². The van der Waals surface area contributed by atoms with E-state index in [1.807, 2.05) is 19.1 Å². The normalized spacial score (nSPS) is 10.4. The van der Waals surface area contributed by atoms with Gasteiger partial charge in [0.2, 0.25) is 0 Å². The minimum absolute atomic E-state index is 0.302. The summed E-state index contributed by atoms with van der Waals surface area (Å²) in [5, 5.41) is 12.5. The van der Waals surface area contributed by atoms with Gasteiger partial charge < -0.3 is 5.32 Å². The second-order valence-electron chi connectivity index (χ2n) is 5.24. The molecule has 0 aliphatic rings. The number of amides is 2. The first-order chi connectivity index (χ1) is 11.6. The number of rotatable bonds is 4. The maximum Gasteiger partial charge on any atom is 0.320 e. The number of nitrogens with zero attached hydrogens (tertiary/aromatic N) is 2. The number of carbonyl (C=O) groups excluding carboxylic acids is 1. The minimum Gasteiger partial charge on any atom is -0.334 e. The fourth-order valence-corrected chi connectivity index (χ4v) is 2.25. The summed E-state index contributed by atoms with van der Waals surface area (Å²) in [6.07, 6.45) is 3.37. The lowest BCUT2D eigenvalue weighted by Gasteiger charge is -2.07. The summed E-state index contributed by atoms with van der Waals surface area (Å²) in [5.41, 5.74) is 3.31. The number of benzene rings is 1. The highest BCUT2D eigenvalue weighted by atomic mass is 19.1. The van der Waals surface area contributed by atoms with Crippen molar-refractivity contribution in [1.82, 2.24) is 20.5 Å². The van der Waals surface area contributed by atoms with Gasteiger partial charge in [-0.2, -0.15) is 5.10 Å². The third-order valence-electron chi connectivity index (χ3n) is 3.57. The number of carbonyl (C=O) groups is 1. The van der Waals surface area contributed by atoms with Crippen molar-refractivity contribution >= 4 is 11.8 Å². The second-order valence-corrected chi connectivity index (χ2v) is 5.24. The van der Waals surface area contributed by atoms with E-state index in [9.17, 15) is 9.18 Å². The van der Waals surface area contributed by atoms with E-state index in [2.05, 4.69) is 25.8 Å². The third-order valence-corrected chi connectivity index (χ3v) is 3.57. The highest BCUT2D eigenvalue weighted by Crippen LogP contribution is 2.25. The molecule has 6 nitrogen and oxygen atoms in total. The molecule has 0 aliphatic heterocycles. The minimum atomic E-state index is -0.368. The molecular formula is C17H16FN5O. The summed E-state index contributed by atoms with van der Waals surface area (Å²) in [4.78, 5) is 16.0. The highest BCUT2D eigenvalue weighted by molar-refractivity contribution is 5.90. The van der Waals surface area contributed by atoms with Crippen LogP contribution in [0, 0.1) is 12.7 Å². The Bertz CT molecular complexity index is 830. The van der Waals surface area contributed by atoms with Crippen molar-refractivity contribution in [3.63, 3.8) is 0 Å². The zero-order valence-electron chi connectivity index (χ0n) is 13.0. The zero-order chi connectivity index (χ0) is 16.9. The summed E-state index contributed by atoms with van der Waals surface area (Å²) in [6.45, 7) is 2.17. The van der Waals surface area contributed by atoms with E-state index in [0.717, 1.165) is 22.4 Å². The summed E-state index contributed by atoms with van der Waals surface area (Å²) < 4.78 is 12.8. The maximum absolute atomic E-state index is 12.8. The van der Waals surface area contributed by atoms with E-state index >= 15 is 0 Å². The molecule has 0 fully saturated rings. The molecule has 2 heterocycles. The molecule has 1 aromatic carbocycles. The average molecular weight is 325 g/mol. The molecule has 3 aromatic rings. The number of H-pyrrole nitrogens is 1. The van der Waals surface area contributed by atoms with Crippen molar-refractivity contribution in [3.8, 4) is 11.3 Å². The van der Waals surface area contributed by atoms with Gasteiger partial charge >= 0.3 is 6.03 Å². The molecule has 0 atom stereocenters. The molecule has 3 N–H and O–H groups in total.